The number of benzene rings is 1. The van der Waals surface area contributed by atoms with E-state index in [2.05, 4.69) is 56.2 Å². The highest BCUT2D eigenvalue weighted by atomic mass is 32.2. The van der Waals surface area contributed by atoms with Crippen LogP contribution in [0.15, 0.2) is 23.1 Å². The second kappa shape index (κ2) is 5.92. The number of rotatable bonds is 3. The molecule has 0 aromatic heterocycles. The van der Waals surface area contributed by atoms with Crippen molar-refractivity contribution in [3.8, 4) is 0 Å². The van der Waals surface area contributed by atoms with Crippen molar-refractivity contribution in [2.75, 3.05) is 7.05 Å². The van der Waals surface area contributed by atoms with E-state index in [-0.39, 0.29) is 0 Å². The topological polar surface area (TPSA) is 12.0 Å². The third-order valence-electron chi connectivity index (χ3n) is 3.84. The molecule has 1 aliphatic rings. The average molecular weight is 249 g/mol. The van der Waals surface area contributed by atoms with Crippen molar-refractivity contribution in [1.82, 2.24) is 5.32 Å². The van der Waals surface area contributed by atoms with Crippen LogP contribution in [0.1, 0.15) is 36.8 Å². The minimum atomic E-state index is 0.690. The Labute approximate surface area is 109 Å². The van der Waals surface area contributed by atoms with E-state index in [1.165, 1.54) is 41.7 Å². The van der Waals surface area contributed by atoms with E-state index in [1.54, 1.807) is 0 Å². The van der Waals surface area contributed by atoms with Crippen LogP contribution in [-0.4, -0.2) is 18.3 Å². The van der Waals surface area contributed by atoms with Gasteiger partial charge in [-0.3, -0.25) is 0 Å². The summed E-state index contributed by atoms with van der Waals surface area (Å²) in [5, 5.41) is 4.23. The number of hydrogen-bond acceptors (Lipinski definition) is 2. The van der Waals surface area contributed by atoms with Crippen LogP contribution < -0.4 is 5.32 Å². The molecular formula is C15H23NS. The van der Waals surface area contributed by atoms with Gasteiger partial charge in [0, 0.05) is 16.2 Å². The molecule has 0 aliphatic heterocycles. The van der Waals surface area contributed by atoms with E-state index in [0.717, 1.165) is 5.25 Å². The van der Waals surface area contributed by atoms with Crippen molar-refractivity contribution in [3.05, 3.63) is 29.3 Å². The quantitative estimate of drug-likeness (QED) is 0.871. The predicted molar refractivity (Wildman–Crippen MR) is 76.9 cm³/mol. The maximum Gasteiger partial charge on any atom is 0.0248 e. The number of hydrogen-bond donors (Lipinski definition) is 1. The molecule has 17 heavy (non-hydrogen) atoms. The maximum atomic E-state index is 3.48. The minimum Gasteiger partial charge on any atom is -0.316 e. The highest BCUT2D eigenvalue weighted by molar-refractivity contribution is 8.00. The standard InChI is InChI=1S/C15H23NS/c1-11-8-9-13(10-12(11)2)17-15-7-5-4-6-14(15)16-3/h8-10,14-16H,4-7H2,1-3H3. The molecule has 0 amide bonds. The van der Waals surface area contributed by atoms with Gasteiger partial charge in [0.1, 0.15) is 0 Å². The molecule has 0 radical (unpaired) electrons. The predicted octanol–water partition coefficient (Wildman–Crippen LogP) is 3.93. The first-order valence-electron chi connectivity index (χ1n) is 6.62. The zero-order chi connectivity index (χ0) is 12.3. The van der Waals surface area contributed by atoms with Crippen LogP contribution in [0.4, 0.5) is 0 Å². The van der Waals surface area contributed by atoms with Gasteiger partial charge in [-0.25, -0.2) is 0 Å². The highest BCUT2D eigenvalue weighted by Crippen LogP contribution is 2.34. The van der Waals surface area contributed by atoms with Gasteiger partial charge in [-0.1, -0.05) is 18.9 Å². The van der Waals surface area contributed by atoms with E-state index in [0.29, 0.717) is 6.04 Å². The third kappa shape index (κ3) is 3.26. The molecule has 1 aromatic carbocycles. The molecule has 94 valence electrons. The zero-order valence-electron chi connectivity index (χ0n) is 11.1. The molecule has 1 nitrogen and oxygen atoms in total. The van der Waals surface area contributed by atoms with Crippen molar-refractivity contribution in [1.29, 1.82) is 0 Å². The largest absolute Gasteiger partial charge is 0.316 e. The normalized spacial score (nSPS) is 24.9. The minimum absolute atomic E-state index is 0.690. The van der Waals surface area contributed by atoms with E-state index in [1.807, 2.05) is 0 Å². The van der Waals surface area contributed by atoms with Crippen molar-refractivity contribution in [3.63, 3.8) is 0 Å². The van der Waals surface area contributed by atoms with Crippen molar-refractivity contribution < 1.29 is 0 Å². The van der Waals surface area contributed by atoms with Crippen LogP contribution in [0.3, 0.4) is 0 Å². The molecule has 1 aromatic rings. The summed E-state index contributed by atoms with van der Waals surface area (Å²) >= 11 is 2.06. The molecule has 2 unspecified atom stereocenters. The van der Waals surface area contributed by atoms with E-state index in [9.17, 15) is 0 Å². The molecule has 2 rings (SSSR count). The molecule has 2 heteroatoms. The van der Waals surface area contributed by atoms with Crippen molar-refractivity contribution >= 4 is 11.8 Å². The Balaban J connectivity index is 2.05. The van der Waals surface area contributed by atoms with Crippen LogP contribution in [0, 0.1) is 13.8 Å². The summed E-state index contributed by atoms with van der Waals surface area (Å²) in [6.07, 6.45) is 5.46. The second-order valence-electron chi connectivity index (χ2n) is 5.08. The molecule has 2 atom stereocenters. The van der Waals surface area contributed by atoms with Crippen LogP contribution in [0.5, 0.6) is 0 Å². The molecule has 1 fully saturated rings. The summed E-state index contributed by atoms with van der Waals surface area (Å²) in [5.74, 6) is 0. The molecule has 0 bridgehead atoms. The molecule has 0 saturated heterocycles. The fourth-order valence-electron chi connectivity index (χ4n) is 2.53. The van der Waals surface area contributed by atoms with Crippen LogP contribution >= 0.6 is 11.8 Å². The fourth-order valence-corrected chi connectivity index (χ4v) is 3.99. The summed E-state index contributed by atoms with van der Waals surface area (Å²) in [6.45, 7) is 4.39. The molecule has 0 heterocycles. The first kappa shape index (κ1) is 13.0. The Kier molecular flexibility index (Phi) is 4.52. The summed E-state index contributed by atoms with van der Waals surface area (Å²) < 4.78 is 0. The molecule has 1 N–H and O–H groups in total. The number of aryl methyl sites for hydroxylation is 2. The lowest BCUT2D eigenvalue weighted by molar-refractivity contribution is 0.405. The van der Waals surface area contributed by atoms with Gasteiger partial charge in [0.25, 0.3) is 0 Å². The lowest BCUT2D eigenvalue weighted by Gasteiger charge is -2.30. The Morgan fingerprint density at radius 3 is 2.59 bits per heavy atom. The van der Waals surface area contributed by atoms with E-state index in [4.69, 9.17) is 0 Å². The Hall–Kier alpha value is -0.470. The van der Waals surface area contributed by atoms with Crippen molar-refractivity contribution in [2.24, 2.45) is 0 Å². The van der Waals surface area contributed by atoms with Gasteiger partial charge in [-0.15, -0.1) is 11.8 Å². The fraction of sp³-hybridized carbons (Fsp3) is 0.600. The lowest BCUT2D eigenvalue weighted by Crippen LogP contribution is -2.38. The monoisotopic (exact) mass is 249 g/mol. The van der Waals surface area contributed by atoms with Gasteiger partial charge in [0.05, 0.1) is 0 Å². The summed E-state index contributed by atoms with van der Waals surface area (Å²) in [5.41, 5.74) is 2.80. The van der Waals surface area contributed by atoms with Crippen molar-refractivity contribution in [2.45, 2.75) is 55.7 Å². The van der Waals surface area contributed by atoms with E-state index < -0.39 is 0 Å². The maximum absolute atomic E-state index is 3.48. The van der Waals surface area contributed by atoms with Gasteiger partial charge in [0.2, 0.25) is 0 Å². The lowest BCUT2D eigenvalue weighted by atomic mass is 9.95. The molecule has 1 saturated carbocycles. The van der Waals surface area contributed by atoms with Gasteiger partial charge in [-0.05, 0) is 57.0 Å². The van der Waals surface area contributed by atoms with Gasteiger partial charge in [0.15, 0.2) is 0 Å². The average Bonchev–Trinajstić information content (AvgIpc) is 2.34. The summed E-state index contributed by atoms with van der Waals surface area (Å²) in [4.78, 5) is 1.43. The first-order chi connectivity index (χ1) is 8.20. The molecular weight excluding hydrogens is 226 g/mol. The second-order valence-corrected chi connectivity index (χ2v) is 6.39. The number of nitrogens with one attached hydrogen (secondary N) is 1. The Morgan fingerprint density at radius 2 is 1.88 bits per heavy atom. The summed E-state index contributed by atoms with van der Waals surface area (Å²) in [6, 6.07) is 7.54. The van der Waals surface area contributed by atoms with Gasteiger partial charge < -0.3 is 5.32 Å². The highest BCUT2D eigenvalue weighted by Gasteiger charge is 2.24. The molecule has 1 aliphatic carbocycles. The SMILES string of the molecule is CNC1CCCCC1Sc1ccc(C)c(C)c1. The third-order valence-corrected chi connectivity index (χ3v) is 5.23. The van der Waals surface area contributed by atoms with Crippen LogP contribution in [-0.2, 0) is 0 Å². The van der Waals surface area contributed by atoms with Gasteiger partial charge >= 0.3 is 0 Å². The Morgan fingerprint density at radius 1 is 1.12 bits per heavy atom. The Bertz CT molecular complexity index is 375. The zero-order valence-corrected chi connectivity index (χ0v) is 11.9. The van der Waals surface area contributed by atoms with Crippen LogP contribution in [0.25, 0.3) is 0 Å². The molecule has 0 spiro atoms. The summed E-state index contributed by atoms with van der Waals surface area (Å²) in [7, 11) is 2.10. The van der Waals surface area contributed by atoms with E-state index >= 15 is 0 Å². The number of thioether (sulfide) groups is 1. The smallest absolute Gasteiger partial charge is 0.0248 e. The van der Waals surface area contributed by atoms with Gasteiger partial charge in [-0.2, -0.15) is 0 Å². The first-order valence-corrected chi connectivity index (χ1v) is 7.50. The van der Waals surface area contributed by atoms with Crippen LogP contribution in [0.2, 0.25) is 0 Å².